The maximum Gasteiger partial charge on any atom is 0.280 e. The molecule has 0 aliphatic carbocycles. The molecule has 1 heterocycles. The van der Waals surface area contributed by atoms with Gasteiger partial charge < -0.3 is 10.6 Å². The summed E-state index contributed by atoms with van der Waals surface area (Å²) in [6.07, 6.45) is 1.72. The molecule has 0 radical (unpaired) electrons. The Hall–Kier alpha value is -4.53. The molecule has 0 bridgehead atoms. The summed E-state index contributed by atoms with van der Waals surface area (Å²) >= 11 is 0. The summed E-state index contributed by atoms with van der Waals surface area (Å²) in [5.41, 5.74) is 3.44. The van der Waals surface area contributed by atoms with Crippen molar-refractivity contribution in [2.75, 3.05) is 17.2 Å². The molecule has 0 spiro atoms. The zero-order valence-electron chi connectivity index (χ0n) is 17.2. The van der Waals surface area contributed by atoms with Crippen LogP contribution in [0.3, 0.4) is 0 Å². The Morgan fingerprint density at radius 3 is 2.53 bits per heavy atom. The van der Waals surface area contributed by atoms with Gasteiger partial charge in [-0.15, -0.1) is 0 Å². The first-order chi connectivity index (χ1) is 15.4. The van der Waals surface area contributed by atoms with Crippen LogP contribution in [0.1, 0.15) is 12.5 Å². The smallest absolute Gasteiger partial charge is 0.280 e. The van der Waals surface area contributed by atoms with E-state index in [1.165, 1.54) is 18.2 Å². The number of fused-ring (bicyclic) bond motifs is 2. The van der Waals surface area contributed by atoms with Crippen LogP contribution in [0.2, 0.25) is 0 Å². The standard InChI is InChI=1S/C23H19N5O4/c1-3-14-12-15(8-11-18(14)24-4-2)25-23-17-10-9-16(27(29)30)13-20(17)26-19-6-5-7-21(22(19)23)28(31)32/h3,5-13,24H,1,4H2,2H3,(H,25,26). The third-order valence-electron chi connectivity index (χ3n) is 5.08. The van der Waals surface area contributed by atoms with Gasteiger partial charge in [-0.05, 0) is 42.8 Å². The summed E-state index contributed by atoms with van der Waals surface area (Å²) in [5.74, 6) is 0. The Kier molecular flexibility index (Phi) is 5.38. The van der Waals surface area contributed by atoms with E-state index in [9.17, 15) is 20.2 Å². The van der Waals surface area contributed by atoms with Crippen molar-refractivity contribution in [1.82, 2.24) is 4.98 Å². The fraction of sp³-hybridized carbons (Fsp3) is 0.0870. The molecule has 2 N–H and O–H groups in total. The molecule has 9 nitrogen and oxygen atoms in total. The van der Waals surface area contributed by atoms with Crippen LogP contribution < -0.4 is 10.6 Å². The van der Waals surface area contributed by atoms with Gasteiger partial charge in [0.25, 0.3) is 11.4 Å². The van der Waals surface area contributed by atoms with Gasteiger partial charge in [0.15, 0.2) is 0 Å². The molecule has 1 aromatic heterocycles. The summed E-state index contributed by atoms with van der Waals surface area (Å²) in [7, 11) is 0. The number of hydrogen-bond acceptors (Lipinski definition) is 7. The zero-order chi connectivity index (χ0) is 22.8. The van der Waals surface area contributed by atoms with Crippen LogP contribution in [0.4, 0.5) is 28.4 Å². The number of rotatable bonds is 7. The topological polar surface area (TPSA) is 123 Å². The molecule has 0 amide bonds. The minimum Gasteiger partial charge on any atom is -0.385 e. The van der Waals surface area contributed by atoms with E-state index in [2.05, 4.69) is 22.2 Å². The van der Waals surface area contributed by atoms with Crippen LogP contribution in [0, 0.1) is 20.2 Å². The van der Waals surface area contributed by atoms with Crippen LogP contribution >= 0.6 is 0 Å². The van der Waals surface area contributed by atoms with E-state index in [4.69, 9.17) is 0 Å². The van der Waals surface area contributed by atoms with Gasteiger partial charge in [0, 0.05) is 41.5 Å². The highest BCUT2D eigenvalue weighted by atomic mass is 16.6. The van der Waals surface area contributed by atoms with Crippen LogP contribution in [0.5, 0.6) is 0 Å². The number of pyridine rings is 1. The quantitative estimate of drug-likeness (QED) is 0.209. The molecule has 9 heteroatoms. The SMILES string of the molecule is C=Cc1cc(Nc2c3ccc([N+](=O)[O-])cc3nc3cccc([N+](=O)[O-])c23)ccc1NCC. The Labute approximate surface area is 182 Å². The number of hydrogen-bond donors (Lipinski definition) is 2. The normalized spacial score (nSPS) is 10.8. The highest BCUT2D eigenvalue weighted by Gasteiger charge is 2.21. The van der Waals surface area contributed by atoms with E-state index in [0.29, 0.717) is 33.2 Å². The Bertz CT molecular complexity index is 1400. The highest BCUT2D eigenvalue weighted by molar-refractivity contribution is 6.12. The summed E-state index contributed by atoms with van der Waals surface area (Å²) in [4.78, 5) is 26.5. The Balaban J connectivity index is 1.99. The van der Waals surface area contributed by atoms with E-state index in [1.54, 1.807) is 24.3 Å². The molecule has 32 heavy (non-hydrogen) atoms. The predicted octanol–water partition coefficient (Wildman–Crippen LogP) is 6.02. The van der Waals surface area contributed by atoms with Crippen molar-refractivity contribution >= 4 is 56.3 Å². The van der Waals surface area contributed by atoms with Crippen molar-refractivity contribution < 1.29 is 9.85 Å². The number of benzene rings is 3. The molecule has 0 aliphatic heterocycles. The van der Waals surface area contributed by atoms with Gasteiger partial charge in [0.1, 0.15) is 5.39 Å². The Morgan fingerprint density at radius 2 is 1.84 bits per heavy atom. The van der Waals surface area contributed by atoms with Gasteiger partial charge in [-0.25, -0.2) is 4.98 Å². The molecule has 0 atom stereocenters. The Morgan fingerprint density at radius 1 is 1.03 bits per heavy atom. The van der Waals surface area contributed by atoms with Crippen molar-refractivity contribution in [3.63, 3.8) is 0 Å². The second-order valence-electron chi connectivity index (χ2n) is 7.04. The highest BCUT2D eigenvalue weighted by Crippen LogP contribution is 2.39. The van der Waals surface area contributed by atoms with Crippen molar-refractivity contribution in [1.29, 1.82) is 0 Å². The molecule has 4 rings (SSSR count). The van der Waals surface area contributed by atoms with E-state index in [1.807, 2.05) is 25.1 Å². The van der Waals surface area contributed by atoms with E-state index >= 15 is 0 Å². The number of aromatic nitrogens is 1. The number of nitrogens with zero attached hydrogens (tertiary/aromatic N) is 3. The molecule has 0 saturated carbocycles. The van der Waals surface area contributed by atoms with Gasteiger partial charge in [-0.1, -0.05) is 18.7 Å². The third kappa shape index (κ3) is 3.67. The van der Waals surface area contributed by atoms with Gasteiger partial charge in [0.05, 0.1) is 26.6 Å². The lowest BCUT2D eigenvalue weighted by Crippen LogP contribution is -2.01. The number of anilines is 3. The minimum absolute atomic E-state index is 0.106. The lowest BCUT2D eigenvalue weighted by molar-refractivity contribution is -0.384. The second-order valence-corrected chi connectivity index (χ2v) is 7.04. The second kappa shape index (κ2) is 8.31. The van der Waals surface area contributed by atoms with Gasteiger partial charge in [-0.3, -0.25) is 20.2 Å². The number of nitro groups is 2. The first-order valence-corrected chi connectivity index (χ1v) is 9.85. The summed E-state index contributed by atoms with van der Waals surface area (Å²) in [5, 5.41) is 30.4. The minimum atomic E-state index is -0.498. The van der Waals surface area contributed by atoms with E-state index in [-0.39, 0.29) is 11.4 Å². The molecule has 0 unspecified atom stereocenters. The largest absolute Gasteiger partial charge is 0.385 e. The first kappa shape index (κ1) is 20.7. The fourth-order valence-electron chi connectivity index (χ4n) is 3.67. The number of nitro benzene ring substituents is 2. The predicted molar refractivity (Wildman–Crippen MR) is 127 cm³/mol. The molecule has 0 aliphatic rings. The molecule has 160 valence electrons. The lowest BCUT2D eigenvalue weighted by atomic mass is 10.0. The summed E-state index contributed by atoms with van der Waals surface area (Å²) in [6, 6.07) is 14.5. The van der Waals surface area contributed by atoms with Crippen LogP contribution in [-0.4, -0.2) is 21.4 Å². The van der Waals surface area contributed by atoms with Crippen molar-refractivity contribution in [3.8, 4) is 0 Å². The number of non-ortho nitro benzene ring substituents is 2. The maximum atomic E-state index is 11.8. The molecular weight excluding hydrogens is 410 g/mol. The molecule has 0 saturated heterocycles. The lowest BCUT2D eigenvalue weighted by Gasteiger charge is -2.15. The van der Waals surface area contributed by atoms with Crippen LogP contribution in [-0.2, 0) is 0 Å². The maximum absolute atomic E-state index is 11.8. The summed E-state index contributed by atoms with van der Waals surface area (Å²) < 4.78 is 0. The van der Waals surface area contributed by atoms with Gasteiger partial charge in [-0.2, -0.15) is 0 Å². The van der Waals surface area contributed by atoms with E-state index < -0.39 is 9.85 Å². The molecule has 3 aromatic carbocycles. The van der Waals surface area contributed by atoms with Crippen molar-refractivity contribution in [3.05, 3.63) is 87.0 Å². The summed E-state index contributed by atoms with van der Waals surface area (Å²) in [6.45, 7) is 6.60. The van der Waals surface area contributed by atoms with Crippen molar-refractivity contribution in [2.45, 2.75) is 6.92 Å². The van der Waals surface area contributed by atoms with Crippen LogP contribution in [0.15, 0.2) is 61.2 Å². The average Bonchev–Trinajstić information content (AvgIpc) is 2.78. The van der Waals surface area contributed by atoms with Crippen molar-refractivity contribution in [2.24, 2.45) is 0 Å². The van der Waals surface area contributed by atoms with Gasteiger partial charge >= 0.3 is 0 Å². The number of nitrogens with one attached hydrogen (secondary N) is 2. The molecule has 4 aromatic rings. The monoisotopic (exact) mass is 429 g/mol. The first-order valence-electron chi connectivity index (χ1n) is 9.85. The average molecular weight is 429 g/mol. The fourth-order valence-corrected chi connectivity index (χ4v) is 3.67. The third-order valence-corrected chi connectivity index (χ3v) is 5.08. The molecule has 0 fully saturated rings. The zero-order valence-corrected chi connectivity index (χ0v) is 17.2. The van der Waals surface area contributed by atoms with E-state index in [0.717, 1.165) is 17.8 Å². The molecular formula is C23H19N5O4. The van der Waals surface area contributed by atoms with Crippen LogP contribution in [0.25, 0.3) is 27.9 Å². The van der Waals surface area contributed by atoms with Gasteiger partial charge in [0.2, 0.25) is 0 Å².